The number of halogens is 3. The van der Waals surface area contributed by atoms with Crippen LogP contribution in [0.4, 0.5) is 13.2 Å². The number of carboxylic acids is 1. The van der Waals surface area contributed by atoms with Crippen LogP contribution in [-0.2, 0) is 12.6 Å². The van der Waals surface area contributed by atoms with Crippen LogP contribution < -0.4 is 0 Å². The summed E-state index contributed by atoms with van der Waals surface area (Å²) in [4.78, 5) is 15.4. The first-order valence-corrected chi connectivity index (χ1v) is 9.08. The van der Waals surface area contributed by atoms with Gasteiger partial charge in [0.1, 0.15) is 5.69 Å². The van der Waals surface area contributed by atoms with Crippen molar-refractivity contribution in [3.8, 4) is 11.3 Å². The molecule has 0 spiro atoms. The minimum Gasteiger partial charge on any atom is -0.477 e. The van der Waals surface area contributed by atoms with Gasteiger partial charge in [-0.2, -0.15) is 18.3 Å². The molecule has 3 heterocycles. The van der Waals surface area contributed by atoms with E-state index in [0.29, 0.717) is 16.8 Å². The maximum atomic E-state index is 13.6. The maximum Gasteiger partial charge on any atom is 0.417 e. The molecule has 0 aliphatic carbocycles. The molecule has 0 fully saturated rings. The number of hydrogen-bond acceptors (Lipinski definition) is 3. The lowest BCUT2D eigenvalue weighted by Crippen LogP contribution is -2.08. The van der Waals surface area contributed by atoms with Crippen molar-refractivity contribution >= 4 is 11.5 Å². The second-order valence-electron chi connectivity index (χ2n) is 6.90. The van der Waals surface area contributed by atoms with Gasteiger partial charge in [-0.15, -0.1) is 0 Å². The van der Waals surface area contributed by atoms with Gasteiger partial charge in [-0.3, -0.25) is 0 Å². The van der Waals surface area contributed by atoms with E-state index < -0.39 is 17.7 Å². The molecule has 3 aromatic heterocycles. The largest absolute Gasteiger partial charge is 0.477 e. The Morgan fingerprint density at radius 2 is 1.83 bits per heavy atom. The smallest absolute Gasteiger partial charge is 0.417 e. The van der Waals surface area contributed by atoms with Crippen LogP contribution in [-0.4, -0.2) is 25.7 Å². The van der Waals surface area contributed by atoms with Crippen molar-refractivity contribution in [3.05, 3.63) is 88.9 Å². The summed E-state index contributed by atoms with van der Waals surface area (Å²) in [6.45, 7) is 1.86. The van der Waals surface area contributed by atoms with E-state index in [1.54, 1.807) is 28.9 Å². The molecule has 0 bridgehead atoms. The molecular weight excluding hydrogens is 395 g/mol. The lowest BCUT2D eigenvalue weighted by molar-refractivity contribution is -0.137. The third kappa shape index (κ3) is 3.63. The summed E-state index contributed by atoms with van der Waals surface area (Å²) in [5.74, 6) is -1.17. The molecule has 0 atom stereocenters. The van der Waals surface area contributed by atoms with E-state index in [1.807, 2.05) is 13.0 Å². The number of hydrogen-bond donors (Lipinski definition) is 1. The van der Waals surface area contributed by atoms with Crippen molar-refractivity contribution in [1.82, 2.24) is 14.6 Å². The molecule has 0 aliphatic heterocycles. The third-order valence-electron chi connectivity index (χ3n) is 4.75. The Bertz CT molecular complexity index is 1260. The SMILES string of the molecule is Cc1ccc2c(Cc3cccc(C(=O)O)n3)c(-c3ccccc3C(F)(F)F)nn2c1. The standard InChI is InChI=1S/C22H16F3N3O2/c1-13-9-10-19-16(11-14-5-4-8-18(26-14)21(29)30)20(27-28(19)12-13)15-6-2-3-7-17(15)22(23,24)25/h2-10,12H,11H2,1H3,(H,29,30). The van der Waals surface area contributed by atoms with Crippen LogP contribution in [0.3, 0.4) is 0 Å². The number of pyridine rings is 2. The Morgan fingerprint density at radius 3 is 2.57 bits per heavy atom. The van der Waals surface area contributed by atoms with Crippen molar-refractivity contribution in [2.45, 2.75) is 19.5 Å². The zero-order valence-electron chi connectivity index (χ0n) is 15.8. The van der Waals surface area contributed by atoms with E-state index in [9.17, 15) is 23.1 Å². The predicted molar refractivity (Wildman–Crippen MR) is 104 cm³/mol. The third-order valence-corrected chi connectivity index (χ3v) is 4.75. The molecular formula is C22H16F3N3O2. The zero-order valence-corrected chi connectivity index (χ0v) is 15.8. The van der Waals surface area contributed by atoms with Crippen LogP contribution in [0.1, 0.15) is 32.9 Å². The van der Waals surface area contributed by atoms with Gasteiger partial charge in [0, 0.05) is 29.4 Å². The predicted octanol–water partition coefficient (Wildman–Crippen LogP) is 5.01. The van der Waals surface area contributed by atoms with E-state index in [0.717, 1.165) is 11.6 Å². The average Bonchev–Trinajstić information content (AvgIpc) is 3.04. The first kappa shape index (κ1) is 19.6. The Hall–Kier alpha value is -3.68. The molecule has 0 unspecified atom stereocenters. The van der Waals surface area contributed by atoms with Crippen LogP contribution in [0.25, 0.3) is 16.8 Å². The Morgan fingerprint density at radius 1 is 1.07 bits per heavy atom. The molecule has 4 rings (SSSR count). The van der Waals surface area contributed by atoms with Crippen LogP contribution >= 0.6 is 0 Å². The summed E-state index contributed by atoms with van der Waals surface area (Å²) in [6, 6.07) is 13.5. The van der Waals surface area contributed by atoms with E-state index in [-0.39, 0.29) is 23.4 Å². The quantitative estimate of drug-likeness (QED) is 0.513. The first-order chi connectivity index (χ1) is 14.2. The monoisotopic (exact) mass is 411 g/mol. The summed E-state index contributed by atoms with van der Waals surface area (Å²) in [6.07, 6.45) is -2.67. The molecule has 152 valence electrons. The van der Waals surface area contributed by atoms with Gasteiger partial charge in [0.05, 0.1) is 16.8 Å². The van der Waals surface area contributed by atoms with Crippen molar-refractivity contribution in [3.63, 3.8) is 0 Å². The Balaban J connectivity index is 1.94. The number of aromatic nitrogens is 3. The molecule has 8 heteroatoms. The molecule has 0 saturated carbocycles. The van der Waals surface area contributed by atoms with Gasteiger partial charge in [-0.25, -0.2) is 14.3 Å². The average molecular weight is 411 g/mol. The molecule has 0 amide bonds. The fourth-order valence-corrected chi connectivity index (χ4v) is 3.41. The topological polar surface area (TPSA) is 67.5 Å². The fourth-order valence-electron chi connectivity index (χ4n) is 3.41. The molecule has 1 N–H and O–H groups in total. The van der Waals surface area contributed by atoms with Gasteiger partial charge in [-0.1, -0.05) is 30.3 Å². The van der Waals surface area contributed by atoms with Crippen molar-refractivity contribution in [2.75, 3.05) is 0 Å². The molecule has 4 aromatic rings. The number of fused-ring (bicyclic) bond motifs is 1. The first-order valence-electron chi connectivity index (χ1n) is 9.08. The molecule has 0 saturated heterocycles. The van der Waals surface area contributed by atoms with Crippen LogP contribution in [0, 0.1) is 6.92 Å². The number of aryl methyl sites for hydroxylation is 1. The highest BCUT2D eigenvalue weighted by Crippen LogP contribution is 2.39. The van der Waals surface area contributed by atoms with Crippen LogP contribution in [0.15, 0.2) is 60.8 Å². The van der Waals surface area contributed by atoms with Gasteiger partial charge in [0.25, 0.3) is 0 Å². The van der Waals surface area contributed by atoms with Gasteiger partial charge in [0.15, 0.2) is 0 Å². The molecule has 30 heavy (non-hydrogen) atoms. The number of benzene rings is 1. The lowest BCUT2D eigenvalue weighted by atomic mass is 9.98. The highest BCUT2D eigenvalue weighted by molar-refractivity contribution is 5.85. The number of nitrogens with zero attached hydrogens (tertiary/aromatic N) is 3. The van der Waals surface area contributed by atoms with Gasteiger partial charge < -0.3 is 5.11 Å². The number of aromatic carboxylic acids is 1. The Kier molecular flexibility index (Phi) is 4.77. The minimum absolute atomic E-state index is 0.0317. The number of alkyl halides is 3. The molecule has 0 radical (unpaired) electrons. The highest BCUT2D eigenvalue weighted by Gasteiger charge is 2.34. The van der Waals surface area contributed by atoms with E-state index in [2.05, 4.69) is 10.1 Å². The number of carbonyl (C=O) groups is 1. The highest BCUT2D eigenvalue weighted by atomic mass is 19.4. The van der Waals surface area contributed by atoms with Crippen LogP contribution in [0.5, 0.6) is 0 Å². The van der Waals surface area contributed by atoms with Crippen LogP contribution in [0.2, 0.25) is 0 Å². The molecule has 5 nitrogen and oxygen atoms in total. The van der Waals surface area contributed by atoms with E-state index in [1.165, 1.54) is 24.3 Å². The summed E-state index contributed by atoms with van der Waals surface area (Å²) in [7, 11) is 0. The maximum absolute atomic E-state index is 13.6. The molecule has 0 aliphatic rings. The lowest BCUT2D eigenvalue weighted by Gasteiger charge is -2.12. The zero-order chi connectivity index (χ0) is 21.5. The summed E-state index contributed by atoms with van der Waals surface area (Å²) >= 11 is 0. The number of carboxylic acid groups (broad SMARTS) is 1. The fraction of sp³-hybridized carbons (Fsp3) is 0.136. The number of rotatable bonds is 4. The summed E-state index contributed by atoms with van der Waals surface area (Å²) < 4.78 is 42.5. The second-order valence-corrected chi connectivity index (χ2v) is 6.90. The van der Waals surface area contributed by atoms with E-state index >= 15 is 0 Å². The summed E-state index contributed by atoms with van der Waals surface area (Å²) in [5, 5.41) is 13.6. The van der Waals surface area contributed by atoms with Gasteiger partial charge in [0.2, 0.25) is 0 Å². The van der Waals surface area contributed by atoms with E-state index in [4.69, 9.17) is 0 Å². The van der Waals surface area contributed by atoms with Crippen molar-refractivity contribution in [2.24, 2.45) is 0 Å². The Labute approximate surface area is 169 Å². The minimum atomic E-state index is -4.54. The van der Waals surface area contributed by atoms with Gasteiger partial charge >= 0.3 is 12.1 Å². The normalized spacial score (nSPS) is 11.7. The summed E-state index contributed by atoms with van der Waals surface area (Å²) in [5.41, 5.74) is 1.76. The molecule has 1 aromatic carbocycles. The van der Waals surface area contributed by atoms with Crippen molar-refractivity contribution < 1.29 is 23.1 Å². The van der Waals surface area contributed by atoms with Gasteiger partial charge in [-0.05, 0) is 36.8 Å². The second kappa shape index (κ2) is 7.29. The van der Waals surface area contributed by atoms with Crippen molar-refractivity contribution in [1.29, 1.82) is 0 Å².